The number of hydrogen-bond donors (Lipinski definition) is 0. The zero-order valence-corrected chi connectivity index (χ0v) is 10.9. The molecule has 0 saturated carbocycles. The molecule has 0 spiro atoms. The highest BCUT2D eigenvalue weighted by Crippen LogP contribution is 2.31. The van der Waals surface area contributed by atoms with E-state index in [4.69, 9.17) is 16.0 Å². The van der Waals surface area contributed by atoms with E-state index in [1.807, 2.05) is 6.92 Å². The van der Waals surface area contributed by atoms with Crippen molar-refractivity contribution in [1.29, 1.82) is 0 Å². The molecule has 0 fully saturated rings. The maximum Gasteiger partial charge on any atom is 0.170 e. The van der Waals surface area contributed by atoms with Gasteiger partial charge in [0.25, 0.3) is 0 Å². The quantitative estimate of drug-likeness (QED) is 0.657. The smallest absolute Gasteiger partial charge is 0.170 e. The van der Waals surface area contributed by atoms with Crippen LogP contribution < -0.4 is 0 Å². The van der Waals surface area contributed by atoms with Gasteiger partial charge < -0.3 is 4.42 Å². The molecule has 19 heavy (non-hydrogen) atoms. The van der Waals surface area contributed by atoms with Crippen molar-refractivity contribution in [2.75, 3.05) is 0 Å². The molecule has 2 aromatic heterocycles. The predicted octanol–water partition coefficient (Wildman–Crippen LogP) is 4.24. The predicted molar refractivity (Wildman–Crippen MR) is 71.6 cm³/mol. The topological polar surface area (TPSA) is 38.9 Å². The summed E-state index contributed by atoms with van der Waals surface area (Å²) >= 11 is 6.04. The van der Waals surface area contributed by atoms with Crippen molar-refractivity contribution >= 4 is 22.6 Å². The van der Waals surface area contributed by atoms with E-state index in [0.29, 0.717) is 28.4 Å². The number of rotatable bonds is 2. The highest BCUT2D eigenvalue weighted by Gasteiger charge is 2.15. The van der Waals surface area contributed by atoms with Gasteiger partial charge in [0, 0.05) is 10.9 Å². The van der Waals surface area contributed by atoms with E-state index in [9.17, 15) is 4.39 Å². The second-order valence-corrected chi connectivity index (χ2v) is 4.47. The standard InChI is InChI=1S/C14H10ClFN2O/c1-2-9-12(17-7-18-14(9)15)11-6-8-4-3-5-10(16)13(8)19-11/h3-7H,2H2,1H3. The number of aromatic nitrogens is 2. The third-order valence-electron chi connectivity index (χ3n) is 2.98. The first-order chi connectivity index (χ1) is 9.20. The van der Waals surface area contributed by atoms with Crippen molar-refractivity contribution in [2.45, 2.75) is 13.3 Å². The zero-order chi connectivity index (χ0) is 13.4. The molecule has 0 amide bonds. The highest BCUT2D eigenvalue weighted by atomic mass is 35.5. The van der Waals surface area contributed by atoms with Gasteiger partial charge in [-0.2, -0.15) is 0 Å². The molecule has 0 unspecified atom stereocenters. The van der Waals surface area contributed by atoms with Crippen LogP contribution in [0.4, 0.5) is 4.39 Å². The molecule has 3 nitrogen and oxygen atoms in total. The largest absolute Gasteiger partial charge is 0.451 e. The monoisotopic (exact) mass is 276 g/mol. The summed E-state index contributed by atoms with van der Waals surface area (Å²) in [5, 5.41) is 1.10. The van der Waals surface area contributed by atoms with E-state index in [2.05, 4.69) is 9.97 Å². The molecule has 0 aliphatic heterocycles. The maximum atomic E-state index is 13.6. The van der Waals surface area contributed by atoms with Crippen molar-refractivity contribution in [3.63, 3.8) is 0 Å². The van der Waals surface area contributed by atoms with Crippen LogP contribution >= 0.6 is 11.6 Å². The van der Waals surface area contributed by atoms with Crippen LogP contribution in [-0.4, -0.2) is 9.97 Å². The molecular formula is C14H10ClFN2O. The number of halogens is 2. The van der Waals surface area contributed by atoms with Gasteiger partial charge in [-0.15, -0.1) is 0 Å². The van der Waals surface area contributed by atoms with E-state index < -0.39 is 0 Å². The first-order valence-corrected chi connectivity index (χ1v) is 6.26. The lowest BCUT2D eigenvalue weighted by molar-refractivity contribution is 0.567. The van der Waals surface area contributed by atoms with Gasteiger partial charge in [-0.3, -0.25) is 0 Å². The Kier molecular flexibility index (Phi) is 2.95. The number of furan rings is 1. The highest BCUT2D eigenvalue weighted by molar-refractivity contribution is 6.30. The molecule has 3 aromatic rings. The van der Waals surface area contributed by atoms with E-state index >= 15 is 0 Å². The molecular weight excluding hydrogens is 267 g/mol. The van der Waals surface area contributed by atoms with Gasteiger partial charge in [0.2, 0.25) is 0 Å². The number of nitrogens with zero attached hydrogens (tertiary/aromatic N) is 2. The molecule has 0 aliphatic rings. The first kappa shape index (κ1) is 12.1. The third kappa shape index (κ3) is 1.98. The van der Waals surface area contributed by atoms with Gasteiger partial charge in [-0.05, 0) is 18.6 Å². The number of hydrogen-bond acceptors (Lipinski definition) is 3. The first-order valence-electron chi connectivity index (χ1n) is 5.88. The lowest BCUT2D eigenvalue weighted by Crippen LogP contribution is -1.94. The summed E-state index contributed by atoms with van der Waals surface area (Å²) in [5.41, 5.74) is 1.64. The van der Waals surface area contributed by atoms with Gasteiger partial charge in [0.1, 0.15) is 17.2 Å². The van der Waals surface area contributed by atoms with Crippen LogP contribution in [-0.2, 0) is 6.42 Å². The van der Waals surface area contributed by atoms with Gasteiger partial charge in [0.15, 0.2) is 17.2 Å². The van der Waals surface area contributed by atoms with Crippen LogP contribution in [0.3, 0.4) is 0 Å². The fourth-order valence-electron chi connectivity index (χ4n) is 2.06. The second-order valence-electron chi connectivity index (χ2n) is 4.11. The molecule has 0 atom stereocenters. The van der Waals surface area contributed by atoms with Crippen molar-refractivity contribution in [1.82, 2.24) is 9.97 Å². The van der Waals surface area contributed by atoms with Crippen LogP contribution in [0.2, 0.25) is 5.15 Å². The zero-order valence-electron chi connectivity index (χ0n) is 10.2. The SMILES string of the molecule is CCc1c(Cl)ncnc1-c1cc2cccc(F)c2o1. The van der Waals surface area contributed by atoms with E-state index in [1.165, 1.54) is 12.4 Å². The Hall–Kier alpha value is -1.94. The summed E-state index contributed by atoms with van der Waals surface area (Å²) in [6.07, 6.45) is 2.05. The second kappa shape index (κ2) is 4.63. The molecule has 0 saturated heterocycles. The van der Waals surface area contributed by atoms with Gasteiger partial charge in [-0.1, -0.05) is 30.7 Å². The summed E-state index contributed by atoms with van der Waals surface area (Å²) < 4.78 is 19.2. The average molecular weight is 277 g/mol. The molecule has 3 rings (SSSR count). The minimum absolute atomic E-state index is 0.231. The lowest BCUT2D eigenvalue weighted by Gasteiger charge is -2.04. The average Bonchev–Trinajstić information content (AvgIpc) is 2.84. The summed E-state index contributed by atoms with van der Waals surface area (Å²) in [6, 6.07) is 6.56. The number of para-hydroxylation sites is 1. The van der Waals surface area contributed by atoms with Crippen molar-refractivity contribution < 1.29 is 8.81 Å². The Morgan fingerprint density at radius 3 is 2.89 bits per heavy atom. The van der Waals surface area contributed by atoms with Crippen molar-refractivity contribution in [3.05, 3.63) is 47.1 Å². The molecule has 5 heteroatoms. The summed E-state index contributed by atoms with van der Waals surface area (Å²) in [7, 11) is 0. The molecule has 96 valence electrons. The number of benzene rings is 1. The third-order valence-corrected chi connectivity index (χ3v) is 3.30. The Morgan fingerprint density at radius 1 is 1.32 bits per heavy atom. The van der Waals surface area contributed by atoms with Crippen molar-refractivity contribution in [3.8, 4) is 11.5 Å². The van der Waals surface area contributed by atoms with Gasteiger partial charge in [-0.25, -0.2) is 14.4 Å². The molecule has 2 heterocycles. The van der Waals surface area contributed by atoms with E-state index in [1.54, 1.807) is 18.2 Å². The Balaban J connectivity index is 2.25. The van der Waals surface area contributed by atoms with E-state index in [-0.39, 0.29) is 11.4 Å². The molecule has 0 N–H and O–H groups in total. The van der Waals surface area contributed by atoms with Crippen LogP contribution in [0.25, 0.3) is 22.4 Å². The molecule has 1 aromatic carbocycles. The van der Waals surface area contributed by atoms with Crippen LogP contribution in [0.5, 0.6) is 0 Å². The number of fused-ring (bicyclic) bond motifs is 1. The minimum atomic E-state index is -0.387. The normalized spacial score (nSPS) is 11.1. The summed E-state index contributed by atoms with van der Waals surface area (Å²) in [4.78, 5) is 8.14. The van der Waals surface area contributed by atoms with Crippen LogP contribution in [0.1, 0.15) is 12.5 Å². The molecule has 0 aliphatic carbocycles. The Bertz CT molecular complexity index is 754. The fraction of sp³-hybridized carbons (Fsp3) is 0.143. The summed E-state index contributed by atoms with van der Waals surface area (Å²) in [6.45, 7) is 1.96. The maximum absolute atomic E-state index is 13.6. The fourth-order valence-corrected chi connectivity index (χ4v) is 2.33. The van der Waals surface area contributed by atoms with Gasteiger partial charge in [0.05, 0.1) is 0 Å². The molecule has 0 bridgehead atoms. The van der Waals surface area contributed by atoms with Gasteiger partial charge >= 0.3 is 0 Å². The van der Waals surface area contributed by atoms with Crippen LogP contribution in [0.15, 0.2) is 35.0 Å². The Labute approximate surface area is 114 Å². The van der Waals surface area contributed by atoms with Crippen LogP contribution in [0, 0.1) is 5.82 Å². The van der Waals surface area contributed by atoms with E-state index in [0.717, 1.165) is 5.56 Å². The van der Waals surface area contributed by atoms with Crippen molar-refractivity contribution in [2.24, 2.45) is 0 Å². The summed E-state index contributed by atoms with van der Waals surface area (Å²) in [5.74, 6) is 0.114. The Morgan fingerprint density at radius 2 is 2.16 bits per heavy atom. The lowest BCUT2D eigenvalue weighted by atomic mass is 10.1. The minimum Gasteiger partial charge on any atom is -0.451 e. The molecule has 0 radical (unpaired) electrons.